The molecule has 1 aromatic heterocycles. The van der Waals surface area contributed by atoms with E-state index in [2.05, 4.69) is 15.3 Å². The zero-order chi connectivity index (χ0) is 16.9. The molecule has 0 aliphatic carbocycles. The van der Waals surface area contributed by atoms with Crippen molar-refractivity contribution in [3.8, 4) is 5.75 Å². The molecule has 0 radical (unpaired) electrons. The Morgan fingerprint density at radius 2 is 1.88 bits per heavy atom. The average Bonchev–Trinajstić information content (AvgIpc) is 3.01. The topological polar surface area (TPSA) is 84.1 Å². The Labute approximate surface area is 138 Å². The number of aromatic amines is 1. The predicted octanol–water partition coefficient (Wildman–Crippen LogP) is 2.46. The highest BCUT2D eigenvalue weighted by atomic mass is 16.5. The number of H-pyrrole nitrogens is 1. The van der Waals surface area contributed by atoms with Crippen molar-refractivity contribution in [3.05, 3.63) is 59.9 Å². The molecule has 0 fully saturated rings. The van der Waals surface area contributed by atoms with Crippen molar-refractivity contribution in [2.24, 2.45) is 0 Å². The molecule has 6 heteroatoms. The van der Waals surface area contributed by atoms with Gasteiger partial charge in [0.15, 0.2) is 12.4 Å². The molecule has 0 saturated heterocycles. The lowest BCUT2D eigenvalue weighted by molar-refractivity contribution is -0.123. The third-order valence-electron chi connectivity index (χ3n) is 3.52. The Balaban J connectivity index is 1.49. The van der Waals surface area contributed by atoms with Crippen LogP contribution in [0.25, 0.3) is 11.0 Å². The van der Waals surface area contributed by atoms with Crippen molar-refractivity contribution in [3.63, 3.8) is 0 Å². The van der Waals surface area contributed by atoms with E-state index >= 15 is 0 Å². The number of carbonyl (C=O) groups excluding carboxylic acids is 2. The third-order valence-corrected chi connectivity index (χ3v) is 3.52. The van der Waals surface area contributed by atoms with Gasteiger partial charge in [-0.15, -0.1) is 0 Å². The van der Waals surface area contributed by atoms with E-state index in [4.69, 9.17) is 4.74 Å². The van der Waals surface area contributed by atoms with Crippen LogP contribution < -0.4 is 10.1 Å². The molecule has 122 valence electrons. The maximum Gasteiger partial charge on any atom is 0.258 e. The van der Waals surface area contributed by atoms with Crippen LogP contribution in [-0.4, -0.2) is 28.3 Å². The summed E-state index contributed by atoms with van der Waals surface area (Å²) in [4.78, 5) is 30.6. The summed E-state index contributed by atoms with van der Waals surface area (Å²) in [6.45, 7) is 1.71. The zero-order valence-corrected chi connectivity index (χ0v) is 13.2. The fraction of sp³-hybridized carbons (Fsp3) is 0.167. The molecular weight excluding hydrogens is 306 g/mol. The van der Waals surface area contributed by atoms with Crippen LogP contribution in [0.2, 0.25) is 0 Å². The molecule has 2 aromatic carbocycles. The van der Waals surface area contributed by atoms with Gasteiger partial charge in [0, 0.05) is 5.56 Å². The van der Waals surface area contributed by atoms with Crippen LogP contribution in [0.3, 0.4) is 0 Å². The van der Waals surface area contributed by atoms with E-state index in [1.165, 1.54) is 6.92 Å². The van der Waals surface area contributed by atoms with Crippen molar-refractivity contribution in [2.45, 2.75) is 13.5 Å². The first-order valence-corrected chi connectivity index (χ1v) is 7.56. The molecule has 0 aliphatic heterocycles. The minimum atomic E-state index is -0.244. The second kappa shape index (κ2) is 6.95. The van der Waals surface area contributed by atoms with Crippen molar-refractivity contribution in [2.75, 3.05) is 6.61 Å². The summed E-state index contributed by atoms with van der Waals surface area (Å²) >= 11 is 0. The number of imidazole rings is 1. The van der Waals surface area contributed by atoms with Gasteiger partial charge in [-0.05, 0) is 43.3 Å². The maximum atomic E-state index is 11.8. The highest BCUT2D eigenvalue weighted by Crippen LogP contribution is 2.12. The number of benzene rings is 2. The molecule has 0 atom stereocenters. The average molecular weight is 323 g/mol. The zero-order valence-electron chi connectivity index (χ0n) is 13.2. The third kappa shape index (κ3) is 3.78. The normalized spacial score (nSPS) is 10.5. The fourth-order valence-corrected chi connectivity index (χ4v) is 2.26. The van der Waals surface area contributed by atoms with Gasteiger partial charge in [0.25, 0.3) is 5.91 Å². The molecule has 1 amide bonds. The largest absolute Gasteiger partial charge is 0.484 e. The lowest BCUT2D eigenvalue weighted by atomic mass is 10.1. The number of nitrogens with zero attached hydrogens (tertiary/aromatic N) is 1. The van der Waals surface area contributed by atoms with Gasteiger partial charge in [-0.2, -0.15) is 0 Å². The summed E-state index contributed by atoms with van der Waals surface area (Å²) in [5.41, 5.74) is 2.41. The first-order chi connectivity index (χ1) is 11.6. The monoisotopic (exact) mass is 323 g/mol. The maximum absolute atomic E-state index is 11.8. The predicted molar refractivity (Wildman–Crippen MR) is 89.9 cm³/mol. The van der Waals surface area contributed by atoms with Crippen LogP contribution in [0.4, 0.5) is 0 Å². The molecule has 1 heterocycles. The smallest absolute Gasteiger partial charge is 0.258 e. The lowest BCUT2D eigenvalue weighted by Gasteiger charge is -2.07. The second-order valence-corrected chi connectivity index (χ2v) is 5.35. The Hall–Kier alpha value is -3.15. The number of amides is 1. The molecule has 0 aliphatic rings. The molecule has 0 bridgehead atoms. The summed E-state index contributed by atoms with van der Waals surface area (Å²) in [7, 11) is 0. The van der Waals surface area contributed by atoms with E-state index in [0.717, 1.165) is 11.0 Å². The van der Waals surface area contributed by atoms with Crippen molar-refractivity contribution >= 4 is 22.7 Å². The Kier molecular flexibility index (Phi) is 4.56. The van der Waals surface area contributed by atoms with Gasteiger partial charge in [-0.1, -0.05) is 12.1 Å². The summed E-state index contributed by atoms with van der Waals surface area (Å²) in [5.74, 6) is 0.977. The number of rotatable bonds is 6. The molecule has 0 spiro atoms. The van der Waals surface area contributed by atoms with Gasteiger partial charge in [-0.3, -0.25) is 9.59 Å². The van der Waals surface area contributed by atoms with E-state index in [1.54, 1.807) is 24.3 Å². The van der Waals surface area contributed by atoms with Crippen molar-refractivity contribution in [1.29, 1.82) is 0 Å². The number of aromatic nitrogens is 2. The molecule has 6 nitrogen and oxygen atoms in total. The highest BCUT2D eigenvalue weighted by Gasteiger charge is 2.06. The number of nitrogens with one attached hydrogen (secondary N) is 2. The van der Waals surface area contributed by atoms with Gasteiger partial charge >= 0.3 is 0 Å². The van der Waals surface area contributed by atoms with Crippen LogP contribution in [0.15, 0.2) is 48.5 Å². The number of ketones is 1. The summed E-state index contributed by atoms with van der Waals surface area (Å²) < 4.78 is 5.40. The first-order valence-electron chi connectivity index (χ1n) is 7.56. The van der Waals surface area contributed by atoms with E-state index < -0.39 is 0 Å². The van der Waals surface area contributed by atoms with Gasteiger partial charge in [-0.25, -0.2) is 4.98 Å². The molecule has 24 heavy (non-hydrogen) atoms. The number of Topliss-reactive ketones (excluding diaryl/α,β-unsaturated/α-hetero) is 1. The number of hydrogen-bond acceptors (Lipinski definition) is 4. The molecule has 3 aromatic rings. The molecule has 3 rings (SSSR count). The summed E-state index contributed by atoms with van der Waals surface area (Å²) in [5, 5.41) is 2.75. The number of carbonyl (C=O) groups is 2. The summed E-state index contributed by atoms with van der Waals surface area (Å²) in [6, 6.07) is 14.4. The van der Waals surface area contributed by atoms with Gasteiger partial charge in [0.05, 0.1) is 17.6 Å². The van der Waals surface area contributed by atoms with E-state index in [-0.39, 0.29) is 18.3 Å². The SMILES string of the molecule is CC(=O)c1ccc(OCC(=O)NCc2nc3ccccc3[nH]2)cc1. The number of ether oxygens (including phenoxy) is 1. The Bertz CT molecular complexity index is 836. The molecule has 0 unspecified atom stereocenters. The standard InChI is InChI=1S/C18H17N3O3/c1-12(22)13-6-8-14(9-7-13)24-11-18(23)19-10-17-20-15-4-2-3-5-16(15)21-17/h2-9H,10-11H2,1H3,(H,19,23)(H,20,21). The minimum absolute atomic E-state index is 0.00914. The first kappa shape index (κ1) is 15.7. The lowest BCUT2D eigenvalue weighted by Crippen LogP contribution is -2.28. The van der Waals surface area contributed by atoms with Crippen LogP contribution in [0, 0.1) is 0 Å². The summed E-state index contributed by atoms with van der Waals surface area (Å²) in [6.07, 6.45) is 0. The van der Waals surface area contributed by atoms with Crippen LogP contribution >= 0.6 is 0 Å². The molecular formula is C18H17N3O3. The molecule has 0 saturated carbocycles. The van der Waals surface area contributed by atoms with Crippen LogP contribution in [-0.2, 0) is 11.3 Å². The molecule has 2 N–H and O–H groups in total. The van der Waals surface area contributed by atoms with Crippen LogP contribution in [0.1, 0.15) is 23.1 Å². The number of para-hydroxylation sites is 2. The second-order valence-electron chi connectivity index (χ2n) is 5.35. The number of fused-ring (bicyclic) bond motifs is 1. The van der Waals surface area contributed by atoms with Crippen molar-refractivity contribution in [1.82, 2.24) is 15.3 Å². The van der Waals surface area contributed by atoms with E-state index in [1.807, 2.05) is 24.3 Å². The van der Waals surface area contributed by atoms with E-state index in [0.29, 0.717) is 23.7 Å². The Morgan fingerprint density at radius 3 is 2.58 bits per heavy atom. The van der Waals surface area contributed by atoms with E-state index in [9.17, 15) is 9.59 Å². The van der Waals surface area contributed by atoms with Crippen LogP contribution in [0.5, 0.6) is 5.75 Å². The minimum Gasteiger partial charge on any atom is -0.484 e. The van der Waals surface area contributed by atoms with Gasteiger partial charge in [0.2, 0.25) is 0 Å². The quantitative estimate of drug-likeness (QED) is 0.683. The van der Waals surface area contributed by atoms with Crippen molar-refractivity contribution < 1.29 is 14.3 Å². The fourth-order valence-electron chi connectivity index (χ4n) is 2.26. The van der Waals surface area contributed by atoms with Gasteiger partial charge < -0.3 is 15.0 Å². The number of hydrogen-bond donors (Lipinski definition) is 2. The Morgan fingerprint density at radius 1 is 1.12 bits per heavy atom. The highest BCUT2D eigenvalue weighted by molar-refractivity contribution is 5.94. The van der Waals surface area contributed by atoms with Gasteiger partial charge in [0.1, 0.15) is 11.6 Å².